The first-order chi connectivity index (χ1) is 11.5. The van der Waals surface area contributed by atoms with Crippen molar-refractivity contribution in [1.82, 2.24) is 20.0 Å². The number of anilines is 1. The smallest absolute Gasteiger partial charge is 0.232 e. The van der Waals surface area contributed by atoms with Crippen molar-refractivity contribution in [3.05, 3.63) is 12.4 Å². The topological polar surface area (TPSA) is 87.5 Å². The highest BCUT2D eigenvalue weighted by molar-refractivity contribution is 5.98. The fraction of sp³-hybridized carbons (Fsp3) is 0.625. The van der Waals surface area contributed by atoms with Gasteiger partial charge in [-0.2, -0.15) is 5.10 Å². The summed E-state index contributed by atoms with van der Waals surface area (Å²) in [5.74, 6) is 0.0863. The molecule has 3 amide bonds. The van der Waals surface area contributed by atoms with Crippen LogP contribution in [0, 0.1) is 17.8 Å². The minimum Gasteiger partial charge on any atom is -0.355 e. The molecule has 1 aromatic rings. The summed E-state index contributed by atoms with van der Waals surface area (Å²) in [5.41, 5.74) is 0.824. The largest absolute Gasteiger partial charge is 0.355 e. The number of nitrogens with one attached hydrogen (secondary N) is 1. The second kappa shape index (κ2) is 5.61. The Morgan fingerprint density at radius 2 is 2.12 bits per heavy atom. The van der Waals surface area contributed by atoms with Crippen molar-refractivity contribution < 1.29 is 14.4 Å². The molecule has 128 valence electrons. The minimum absolute atomic E-state index is 0.0135. The summed E-state index contributed by atoms with van der Waals surface area (Å²) in [4.78, 5) is 40.1. The summed E-state index contributed by atoms with van der Waals surface area (Å²) >= 11 is 0. The van der Waals surface area contributed by atoms with Gasteiger partial charge in [0.05, 0.1) is 23.7 Å². The van der Waals surface area contributed by atoms with E-state index in [1.165, 1.54) is 0 Å². The highest BCUT2D eigenvalue weighted by Gasteiger charge is 2.48. The number of aromatic nitrogens is 2. The van der Waals surface area contributed by atoms with Crippen LogP contribution in [0.4, 0.5) is 5.69 Å². The first-order valence-electron chi connectivity index (χ1n) is 8.38. The molecular formula is C16H21N5O3. The van der Waals surface area contributed by atoms with Crippen LogP contribution in [0.15, 0.2) is 12.4 Å². The fourth-order valence-corrected chi connectivity index (χ4v) is 4.02. The van der Waals surface area contributed by atoms with Crippen molar-refractivity contribution in [3.63, 3.8) is 0 Å². The van der Waals surface area contributed by atoms with Crippen LogP contribution in [0.5, 0.6) is 0 Å². The molecule has 8 heteroatoms. The van der Waals surface area contributed by atoms with E-state index >= 15 is 0 Å². The molecule has 0 unspecified atom stereocenters. The lowest BCUT2D eigenvalue weighted by Gasteiger charge is -2.27. The molecule has 0 aromatic carbocycles. The number of hydrogen-bond acceptors (Lipinski definition) is 4. The Morgan fingerprint density at radius 3 is 2.75 bits per heavy atom. The van der Waals surface area contributed by atoms with Gasteiger partial charge < -0.3 is 15.1 Å². The van der Waals surface area contributed by atoms with Gasteiger partial charge in [0.15, 0.2) is 0 Å². The van der Waals surface area contributed by atoms with Crippen LogP contribution < -0.4 is 10.2 Å². The number of likely N-dealkylation sites (tertiary alicyclic amines) is 1. The number of amides is 3. The maximum atomic E-state index is 12.7. The molecule has 0 saturated carbocycles. The first kappa shape index (κ1) is 15.2. The molecule has 0 radical (unpaired) electrons. The Morgan fingerprint density at radius 1 is 1.29 bits per heavy atom. The van der Waals surface area contributed by atoms with Gasteiger partial charge in [-0.25, -0.2) is 0 Å². The van der Waals surface area contributed by atoms with Crippen LogP contribution in [-0.4, -0.2) is 58.6 Å². The fourth-order valence-electron chi connectivity index (χ4n) is 4.02. The van der Waals surface area contributed by atoms with Gasteiger partial charge in [0, 0.05) is 51.8 Å². The molecule has 4 rings (SSSR count). The van der Waals surface area contributed by atoms with Gasteiger partial charge in [0.1, 0.15) is 0 Å². The molecule has 0 aliphatic carbocycles. The summed E-state index contributed by atoms with van der Waals surface area (Å²) in [6.45, 7) is 2.17. The summed E-state index contributed by atoms with van der Waals surface area (Å²) < 4.78 is 1.68. The van der Waals surface area contributed by atoms with Crippen LogP contribution in [0.3, 0.4) is 0 Å². The molecule has 3 saturated heterocycles. The van der Waals surface area contributed by atoms with Gasteiger partial charge in [-0.05, 0) is 6.42 Å². The number of aryl methyl sites for hydroxylation is 1. The average Bonchev–Trinajstić information content (AvgIpc) is 3.24. The zero-order valence-corrected chi connectivity index (χ0v) is 13.6. The molecule has 0 bridgehead atoms. The highest BCUT2D eigenvalue weighted by atomic mass is 16.2. The Balaban J connectivity index is 1.41. The van der Waals surface area contributed by atoms with Crippen molar-refractivity contribution in [1.29, 1.82) is 0 Å². The predicted octanol–water partition coefficient (Wildman–Crippen LogP) is -0.632. The van der Waals surface area contributed by atoms with Crippen molar-refractivity contribution in [2.75, 3.05) is 31.1 Å². The van der Waals surface area contributed by atoms with E-state index in [0.29, 0.717) is 39.0 Å². The third-order valence-electron chi connectivity index (χ3n) is 5.37. The average molecular weight is 331 g/mol. The van der Waals surface area contributed by atoms with Gasteiger partial charge in [0.25, 0.3) is 0 Å². The normalized spacial score (nSPS) is 29.8. The van der Waals surface area contributed by atoms with Crippen LogP contribution >= 0.6 is 0 Å². The molecule has 8 nitrogen and oxygen atoms in total. The number of fused-ring (bicyclic) bond motifs is 1. The number of piperidine rings is 1. The van der Waals surface area contributed by atoms with Crippen molar-refractivity contribution in [3.8, 4) is 0 Å². The maximum absolute atomic E-state index is 12.7. The number of carbonyl (C=O) groups is 3. The van der Waals surface area contributed by atoms with Crippen molar-refractivity contribution in [2.45, 2.75) is 12.8 Å². The quantitative estimate of drug-likeness (QED) is 0.781. The molecule has 3 aliphatic rings. The van der Waals surface area contributed by atoms with Gasteiger partial charge >= 0.3 is 0 Å². The zero-order valence-electron chi connectivity index (χ0n) is 13.6. The van der Waals surface area contributed by atoms with E-state index in [2.05, 4.69) is 10.4 Å². The summed E-state index contributed by atoms with van der Waals surface area (Å²) in [6.07, 6.45) is 4.55. The lowest BCUT2D eigenvalue weighted by atomic mass is 9.98. The monoisotopic (exact) mass is 331 g/mol. The SMILES string of the molecule is Cn1cc(N2C[C@H]3CN(C(=O)[C@H]4CCC(=O)NC4)C[C@H]3C2=O)cn1. The van der Waals surface area contributed by atoms with E-state index < -0.39 is 0 Å². The number of hydrogen-bond donors (Lipinski definition) is 1. The van der Waals surface area contributed by atoms with E-state index in [4.69, 9.17) is 0 Å². The Kier molecular flexibility index (Phi) is 3.54. The van der Waals surface area contributed by atoms with Crippen molar-refractivity contribution >= 4 is 23.4 Å². The van der Waals surface area contributed by atoms with Gasteiger partial charge in [0.2, 0.25) is 17.7 Å². The second-order valence-corrected chi connectivity index (χ2v) is 6.97. The van der Waals surface area contributed by atoms with E-state index in [1.54, 1.807) is 15.8 Å². The molecule has 4 heterocycles. The molecule has 3 aliphatic heterocycles. The molecular weight excluding hydrogens is 310 g/mol. The Hall–Kier alpha value is -2.38. The maximum Gasteiger partial charge on any atom is 0.232 e. The lowest BCUT2D eigenvalue weighted by molar-refractivity contribution is -0.136. The molecule has 3 atom stereocenters. The van der Waals surface area contributed by atoms with Gasteiger partial charge in [-0.1, -0.05) is 0 Å². The Labute approximate surface area is 139 Å². The van der Waals surface area contributed by atoms with Crippen molar-refractivity contribution in [2.24, 2.45) is 24.8 Å². The predicted molar refractivity (Wildman–Crippen MR) is 84.9 cm³/mol. The van der Waals surface area contributed by atoms with E-state index in [0.717, 1.165) is 5.69 Å². The number of carbonyl (C=O) groups excluding carboxylic acids is 3. The number of nitrogens with zero attached hydrogens (tertiary/aromatic N) is 4. The van der Waals surface area contributed by atoms with Gasteiger partial charge in [-0.3, -0.25) is 19.1 Å². The summed E-state index contributed by atoms with van der Waals surface area (Å²) in [6, 6.07) is 0. The summed E-state index contributed by atoms with van der Waals surface area (Å²) in [7, 11) is 1.83. The lowest BCUT2D eigenvalue weighted by Crippen LogP contribution is -2.45. The Bertz CT molecular complexity index is 690. The summed E-state index contributed by atoms with van der Waals surface area (Å²) in [5, 5.41) is 6.88. The molecule has 3 fully saturated rings. The van der Waals surface area contributed by atoms with Crippen LogP contribution in [0.2, 0.25) is 0 Å². The van der Waals surface area contributed by atoms with Crippen LogP contribution in [-0.2, 0) is 21.4 Å². The highest BCUT2D eigenvalue weighted by Crippen LogP contribution is 2.35. The van der Waals surface area contributed by atoms with E-state index in [1.807, 2.05) is 18.1 Å². The van der Waals surface area contributed by atoms with Crippen LogP contribution in [0.25, 0.3) is 0 Å². The second-order valence-electron chi connectivity index (χ2n) is 6.97. The van der Waals surface area contributed by atoms with Crippen LogP contribution in [0.1, 0.15) is 12.8 Å². The minimum atomic E-state index is -0.147. The molecule has 0 spiro atoms. The van der Waals surface area contributed by atoms with Gasteiger partial charge in [-0.15, -0.1) is 0 Å². The van der Waals surface area contributed by atoms with E-state index in [9.17, 15) is 14.4 Å². The molecule has 24 heavy (non-hydrogen) atoms. The zero-order chi connectivity index (χ0) is 16.8. The molecule has 1 aromatic heterocycles. The molecule has 1 N–H and O–H groups in total. The number of rotatable bonds is 2. The first-order valence-corrected chi connectivity index (χ1v) is 8.38. The standard InChI is InChI=1S/C16H21N5O3/c1-19-8-12(5-18-19)21-7-11-6-20(9-13(11)16(21)24)15(23)10-2-3-14(22)17-4-10/h5,8,10-11,13H,2-4,6-7,9H2,1H3,(H,17,22)/t10-,11+,13+/m0/s1. The third-order valence-corrected chi connectivity index (χ3v) is 5.37. The third kappa shape index (κ3) is 2.46. The van der Waals surface area contributed by atoms with E-state index in [-0.39, 0.29) is 35.5 Å².